The minimum atomic E-state index is -0.473. The van der Waals surface area contributed by atoms with Crippen molar-refractivity contribution in [3.05, 3.63) is 35.4 Å². The van der Waals surface area contributed by atoms with E-state index in [-0.39, 0.29) is 18.2 Å². The van der Waals surface area contributed by atoms with Gasteiger partial charge < -0.3 is 15.0 Å². The van der Waals surface area contributed by atoms with Gasteiger partial charge >= 0.3 is 6.09 Å². The summed E-state index contributed by atoms with van der Waals surface area (Å²) >= 11 is 0. The number of ether oxygens (including phenoxy) is 1. The van der Waals surface area contributed by atoms with Gasteiger partial charge in [0.05, 0.1) is 11.6 Å². The van der Waals surface area contributed by atoms with Crippen molar-refractivity contribution in [1.29, 1.82) is 5.26 Å². The summed E-state index contributed by atoms with van der Waals surface area (Å²) < 4.78 is 5.51. The Balaban J connectivity index is 1.93. The van der Waals surface area contributed by atoms with Crippen LogP contribution in [0.1, 0.15) is 51.7 Å². The number of benzene rings is 1. The Hall–Kier alpha value is -2.06. The van der Waals surface area contributed by atoms with Crippen molar-refractivity contribution in [3.63, 3.8) is 0 Å². The number of amides is 1. The normalized spacial score (nSPS) is 21.2. The summed E-state index contributed by atoms with van der Waals surface area (Å²) in [7, 11) is 0. The molecule has 0 radical (unpaired) electrons. The zero-order valence-electron chi connectivity index (χ0n) is 15.0. The van der Waals surface area contributed by atoms with Gasteiger partial charge in [0.2, 0.25) is 0 Å². The van der Waals surface area contributed by atoms with Crippen LogP contribution in [-0.4, -0.2) is 35.2 Å². The molecule has 0 spiro atoms. The highest BCUT2D eigenvalue weighted by atomic mass is 16.6. The number of rotatable bonds is 3. The monoisotopic (exact) mass is 329 g/mol. The van der Waals surface area contributed by atoms with E-state index in [9.17, 15) is 4.79 Å². The Morgan fingerprint density at radius 2 is 2.04 bits per heavy atom. The molecule has 1 N–H and O–H groups in total. The van der Waals surface area contributed by atoms with Crippen molar-refractivity contribution >= 4 is 6.09 Å². The Morgan fingerprint density at radius 3 is 2.62 bits per heavy atom. The standard InChI is InChI=1S/C19H27N3O2/c1-14-17(21-13-16-9-7-15(12-20)8-10-16)6-5-11-22(14)18(23)24-19(2,3)4/h7-10,14,17,21H,5-6,11,13H2,1-4H3. The second-order valence-electron chi connectivity index (χ2n) is 7.35. The molecule has 1 amide bonds. The summed E-state index contributed by atoms with van der Waals surface area (Å²) in [5.41, 5.74) is 1.33. The predicted octanol–water partition coefficient (Wildman–Crippen LogP) is 3.44. The number of piperidine rings is 1. The fourth-order valence-electron chi connectivity index (χ4n) is 2.94. The van der Waals surface area contributed by atoms with Crippen molar-refractivity contribution in [2.75, 3.05) is 6.54 Å². The minimum absolute atomic E-state index is 0.0898. The van der Waals surface area contributed by atoms with Crippen molar-refractivity contribution in [1.82, 2.24) is 10.2 Å². The fraction of sp³-hybridized carbons (Fsp3) is 0.579. The molecule has 0 aliphatic carbocycles. The minimum Gasteiger partial charge on any atom is -0.444 e. The third-order valence-corrected chi connectivity index (χ3v) is 4.27. The molecule has 1 fully saturated rings. The van der Waals surface area contributed by atoms with Crippen LogP contribution in [0.15, 0.2) is 24.3 Å². The highest BCUT2D eigenvalue weighted by molar-refractivity contribution is 5.68. The molecule has 1 aromatic carbocycles. The van der Waals surface area contributed by atoms with Crippen LogP contribution in [0.5, 0.6) is 0 Å². The van der Waals surface area contributed by atoms with Gasteiger partial charge in [-0.15, -0.1) is 0 Å². The number of nitrogens with one attached hydrogen (secondary N) is 1. The van der Waals surface area contributed by atoms with E-state index in [2.05, 4.69) is 18.3 Å². The second kappa shape index (κ2) is 7.67. The molecule has 1 aliphatic heterocycles. The molecule has 1 saturated heterocycles. The van der Waals surface area contributed by atoms with Crippen LogP contribution in [0.4, 0.5) is 4.79 Å². The number of nitriles is 1. The second-order valence-corrected chi connectivity index (χ2v) is 7.35. The van der Waals surface area contributed by atoms with Gasteiger partial charge in [0, 0.05) is 25.2 Å². The van der Waals surface area contributed by atoms with Crippen molar-refractivity contribution in [2.45, 2.75) is 64.8 Å². The van der Waals surface area contributed by atoms with Crippen LogP contribution in [0.2, 0.25) is 0 Å². The van der Waals surface area contributed by atoms with Gasteiger partial charge in [-0.3, -0.25) is 0 Å². The van der Waals surface area contributed by atoms with Crippen LogP contribution in [0.25, 0.3) is 0 Å². The van der Waals surface area contributed by atoms with Crippen LogP contribution >= 0.6 is 0 Å². The number of carbonyl (C=O) groups is 1. The Morgan fingerprint density at radius 1 is 1.38 bits per heavy atom. The maximum absolute atomic E-state index is 12.4. The molecule has 24 heavy (non-hydrogen) atoms. The first-order valence-corrected chi connectivity index (χ1v) is 8.52. The summed E-state index contributed by atoms with van der Waals surface area (Å²) in [6.07, 6.45) is 1.77. The van der Waals surface area contributed by atoms with Crippen LogP contribution in [-0.2, 0) is 11.3 Å². The fourth-order valence-corrected chi connectivity index (χ4v) is 2.94. The van der Waals surface area contributed by atoms with E-state index in [0.717, 1.165) is 31.5 Å². The summed E-state index contributed by atoms with van der Waals surface area (Å²) in [4.78, 5) is 14.2. The molecule has 2 rings (SSSR count). The topological polar surface area (TPSA) is 65.4 Å². The van der Waals surface area contributed by atoms with E-state index >= 15 is 0 Å². The third-order valence-electron chi connectivity index (χ3n) is 4.27. The first kappa shape index (κ1) is 18.3. The van der Waals surface area contributed by atoms with Gasteiger partial charge in [0.15, 0.2) is 0 Å². The molecule has 0 bridgehead atoms. The van der Waals surface area contributed by atoms with E-state index in [0.29, 0.717) is 5.56 Å². The quantitative estimate of drug-likeness (QED) is 0.922. The number of hydrogen-bond acceptors (Lipinski definition) is 4. The summed E-state index contributed by atoms with van der Waals surface area (Å²) in [6, 6.07) is 10.0. The van der Waals surface area contributed by atoms with Crippen molar-refractivity contribution in [3.8, 4) is 6.07 Å². The molecule has 2 atom stereocenters. The molecule has 1 aliphatic rings. The van der Waals surface area contributed by atoms with Crippen LogP contribution in [0.3, 0.4) is 0 Å². The Labute approximate surface area is 144 Å². The van der Waals surface area contributed by atoms with Gasteiger partial charge in [0.25, 0.3) is 0 Å². The van der Waals surface area contributed by atoms with Gasteiger partial charge in [-0.1, -0.05) is 12.1 Å². The van der Waals surface area contributed by atoms with E-state index in [4.69, 9.17) is 10.00 Å². The average molecular weight is 329 g/mol. The number of carbonyl (C=O) groups excluding carboxylic acids is 1. The van der Waals surface area contributed by atoms with Gasteiger partial charge in [-0.25, -0.2) is 4.79 Å². The Bertz CT molecular complexity index is 599. The summed E-state index contributed by atoms with van der Waals surface area (Å²) in [6.45, 7) is 9.20. The molecule has 2 unspecified atom stereocenters. The van der Waals surface area contributed by atoms with Crippen molar-refractivity contribution in [2.24, 2.45) is 0 Å². The Kier molecular flexibility index (Phi) is 5.84. The highest BCUT2D eigenvalue weighted by Gasteiger charge is 2.33. The molecular formula is C19H27N3O2. The first-order chi connectivity index (χ1) is 11.3. The number of hydrogen-bond donors (Lipinski definition) is 1. The van der Waals surface area contributed by atoms with Crippen LogP contribution in [0, 0.1) is 11.3 Å². The molecule has 5 heteroatoms. The maximum atomic E-state index is 12.4. The van der Waals surface area contributed by atoms with E-state index in [1.165, 1.54) is 0 Å². The number of likely N-dealkylation sites (tertiary alicyclic amines) is 1. The molecule has 130 valence electrons. The predicted molar refractivity (Wildman–Crippen MR) is 93.4 cm³/mol. The molecule has 5 nitrogen and oxygen atoms in total. The maximum Gasteiger partial charge on any atom is 0.410 e. The average Bonchev–Trinajstić information content (AvgIpc) is 2.52. The summed E-state index contributed by atoms with van der Waals surface area (Å²) in [5, 5.41) is 12.4. The highest BCUT2D eigenvalue weighted by Crippen LogP contribution is 2.21. The third kappa shape index (κ3) is 4.97. The van der Waals surface area contributed by atoms with E-state index in [1.54, 1.807) is 0 Å². The lowest BCUT2D eigenvalue weighted by atomic mass is 9.97. The molecule has 0 aromatic heterocycles. The SMILES string of the molecule is CC1C(NCc2ccc(C#N)cc2)CCCN1C(=O)OC(C)(C)C. The lowest BCUT2D eigenvalue weighted by Gasteiger charge is -2.40. The summed E-state index contributed by atoms with van der Waals surface area (Å²) in [5.74, 6) is 0. The molecule has 0 saturated carbocycles. The van der Waals surface area contributed by atoms with E-state index < -0.39 is 5.60 Å². The van der Waals surface area contributed by atoms with Crippen LogP contribution < -0.4 is 5.32 Å². The largest absolute Gasteiger partial charge is 0.444 e. The lowest BCUT2D eigenvalue weighted by molar-refractivity contribution is 0.00699. The van der Waals surface area contributed by atoms with E-state index in [1.807, 2.05) is 49.9 Å². The molecule has 1 aromatic rings. The van der Waals surface area contributed by atoms with Gasteiger partial charge in [0.1, 0.15) is 5.60 Å². The van der Waals surface area contributed by atoms with Crippen molar-refractivity contribution < 1.29 is 9.53 Å². The zero-order chi connectivity index (χ0) is 17.7. The van der Waals surface area contributed by atoms with Gasteiger partial charge in [-0.05, 0) is 58.2 Å². The van der Waals surface area contributed by atoms with Gasteiger partial charge in [-0.2, -0.15) is 5.26 Å². The molecule has 1 heterocycles. The first-order valence-electron chi connectivity index (χ1n) is 8.52. The smallest absolute Gasteiger partial charge is 0.410 e. The zero-order valence-corrected chi connectivity index (χ0v) is 15.0. The molecular weight excluding hydrogens is 302 g/mol. The lowest BCUT2D eigenvalue weighted by Crippen LogP contribution is -2.55. The number of nitrogens with zero attached hydrogens (tertiary/aromatic N) is 2.